The maximum absolute atomic E-state index is 12.7. The first kappa shape index (κ1) is 15.0. The Bertz CT molecular complexity index is 978. The largest absolute Gasteiger partial charge is 0.361 e. The summed E-state index contributed by atoms with van der Waals surface area (Å²) < 4.78 is 25.4. The highest BCUT2D eigenvalue weighted by atomic mass is 32.2. The van der Waals surface area contributed by atoms with E-state index in [1.165, 1.54) is 0 Å². The Morgan fingerprint density at radius 2 is 1.88 bits per heavy atom. The lowest BCUT2D eigenvalue weighted by atomic mass is 9.79. The number of rotatable bonds is 1. The predicted molar refractivity (Wildman–Crippen MR) is 92.0 cm³/mol. The number of anilines is 2. The van der Waals surface area contributed by atoms with Crippen LogP contribution in [0.4, 0.5) is 11.4 Å². The van der Waals surface area contributed by atoms with Gasteiger partial charge in [0.15, 0.2) is 15.6 Å². The third-order valence-electron chi connectivity index (χ3n) is 5.26. The number of Topliss-reactive ketones (excluding diaryl/α,β-unsaturated/α-hetero) is 1. The van der Waals surface area contributed by atoms with Gasteiger partial charge in [-0.15, -0.1) is 0 Å². The molecule has 8 heteroatoms. The number of benzene rings is 1. The van der Waals surface area contributed by atoms with Gasteiger partial charge in [-0.05, 0) is 30.5 Å². The first-order valence-corrected chi connectivity index (χ1v) is 10.0. The summed E-state index contributed by atoms with van der Waals surface area (Å²) in [5.74, 6) is -0.390. The van der Waals surface area contributed by atoms with Crippen molar-refractivity contribution in [3.8, 4) is 0 Å². The van der Waals surface area contributed by atoms with Crippen molar-refractivity contribution in [2.45, 2.75) is 31.6 Å². The standard InChI is InChI=1S/C17H17N3O4S/c21-14-3-1-2-11-16(14)15(17-12(18-11)6-7-25(17,22)23)9-4-5-10-13(8-9)20-24-19-10/h4-5,8,15,18-20H,1-3,6-7H2. The Balaban J connectivity index is 1.73. The zero-order valence-electron chi connectivity index (χ0n) is 13.4. The molecule has 0 spiro atoms. The van der Waals surface area contributed by atoms with E-state index in [1.807, 2.05) is 18.2 Å². The van der Waals surface area contributed by atoms with Crippen molar-refractivity contribution in [1.82, 2.24) is 5.32 Å². The fraction of sp³-hybridized carbons (Fsp3) is 0.353. The molecule has 25 heavy (non-hydrogen) atoms. The van der Waals surface area contributed by atoms with E-state index in [0.717, 1.165) is 41.2 Å². The Labute approximate surface area is 145 Å². The SMILES string of the molecule is O=C1CCCC2=C1C(c1ccc3c(c1)NON3)C1=C(CCS1(=O)=O)N2. The van der Waals surface area contributed by atoms with Crippen molar-refractivity contribution in [2.75, 3.05) is 16.7 Å². The molecule has 0 aromatic heterocycles. The molecule has 0 saturated carbocycles. The van der Waals surface area contributed by atoms with Crippen LogP contribution in [0.5, 0.6) is 0 Å². The van der Waals surface area contributed by atoms with Gasteiger partial charge in [0.05, 0.1) is 28.0 Å². The summed E-state index contributed by atoms with van der Waals surface area (Å²) in [4.78, 5) is 18.0. The number of carbonyl (C=O) groups excluding carboxylic acids is 1. The van der Waals surface area contributed by atoms with Crippen molar-refractivity contribution >= 4 is 27.0 Å². The predicted octanol–water partition coefficient (Wildman–Crippen LogP) is 2.09. The van der Waals surface area contributed by atoms with Crippen LogP contribution in [0.2, 0.25) is 0 Å². The van der Waals surface area contributed by atoms with Crippen LogP contribution in [0.1, 0.15) is 37.2 Å². The van der Waals surface area contributed by atoms with Crippen LogP contribution >= 0.6 is 0 Å². The van der Waals surface area contributed by atoms with Gasteiger partial charge in [0.25, 0.3) is 0 Å². The Kier molecular flexibility index (Phi) is 3.05. The van der Waals surface area contributed by atoms with Gasteiger partial charge < -0.3 is 5.32 Å². The van der Waals surface area contributed by atoms with Gasteiger partial charge in [0, 0.05) is 29.8 Å². The fourth-order valence-electron chi connectivity index (χ4n) is 4.15. The lowest BCUT2D eigenvalue weighted by molar-refractivity contribution is -0.116. The molecular formula is C17H17N3O4S. The maximum atomic E-state index is 12.7. The van der Waals surface area contributed by atoms with Crippen molar-refractivity contribution < 1.29 is 18.2 Å². The highest BCUT2D eigenvalue weighted by Crippen LogP contribution is 2.48. The molecule has 0 radical (unpaired) electrons. The van der Waals surface area contributed by atoms with Crippen LogP contribution in [-0.2, 0) is 19.6 Å². The van der Waals surface area contributed by atoms with Crippen LogP contribution in [0, 0.1) is 0 Å². The van der Waals surface area contributed by atoms with Gasteiger partial charge >= 0.3 is 0 Å². The number of dihydropyridines is 1. The molecule has 4 aliphatic rings. The normalized spacial score (nSPS) is 26.4. The molecule has 0 amide bonds. The number of hydrogen-bond acceptors (Lipinski definition) is 7. The summed E-state index contributed by atoms with van der Waals surface area (Å²) in [6.07, 6.45) is 2.53. The average molecular weight is 359 g/mol. The van der Waals surface area contributed by atoms with E-state index in [-0.39, 0.29) is 11.5 Å². The van der Waals surface area contributed by atoms with E-state index in [0.29, 0.717) is 23.3 Å². The summed E-state index contributed by atoms with van der Waals surface area (Å²) in [5.41, 5.74) is 10.0. The van der Waals surface area contributed by atoms with Gasteiger partial charge in [0.1, 0.15) is 0 Å². The first-order chi connectivity index (χ1) is 12.0. The Morgan fingerprint density at radius 3 is 2.76 bits per heavy atom. The summed E-state index contributed by atoms with van der Waals surface area (Å²) in [6.45, 7) is 0. The molecule has 1 unspecified atom stereocenters. The lowest BCUT2D eigenvalue weighted by Gasteiger charge is -2.33. The fourth-order valence-corrected chi connectivity index (χ4v) is 5.98. The van der Waals surface area contributed by atoms with E-state index in [9.17, 15) is 13.2 Å². The van der Waals surface area contributed by atoms with E-state index in [1.54, 1.807) is 0 Å². The Morgan fingerprint density at radius 1 is 1.04 bits per heavy atom. The quantitative estimate of drug-likeness (QED) is 0.706. The summed E-state index contributed by atoms with van der Waals surface area (Å²) in [7, 11) is -3.37. The molecule has 3 heterocycles. The van der Waals surface area contributed by atoms with E-state index in [2.05, 4.69) is 16.3 Å². The minimum atomic E-state index is -3.37. The van der Waals surface area contributed by atoms with Crippen LogP contribution in [0.3, 0.4) is 0 Å². The van der Waals surface area contributed by atoms with Gasteiger partial charge in [-0.3, -0.25) is 4.79 Å². The van der Waals surface area contributed by atoms with E-state index in [4.69, 9.17) is 4.94 Å². The van der Waals surface area contributed by atoms with Crippen LogP contribution in [0.25, 0.3) is 0 Å². The first-order valence-electron chi connectivity index (χ1n) is 8.35. The smallest absolute Gasteiger partial charge is 0.177 e. The van der Waals surface area contributed by atoms with Crippen LogP contribution < -0.4 is 16.3 Å². The molecule has 0 bridgehead atoms. The zero-order valence-corrected chi connectivity index (χ0v) is 14.2. The molecule has 0 fully saturated rings. The number of ketones is 1. The number of allylic oxidation sites excluding steroid dienone is 4. The van der Waals surface area contributed by atoms with E-state index >= 15 is 0 Å². The second-order valence-corrected chi connectivity index (χ2v) is 8.83. The molecule has 3 aliphatic heterocycles. The van der Waals surface area contributed by atoms with Crippen LogP contribution in [0.15, 0.2) is 40.1 Å². The molecule has 1 aliphatic carbocycles. The molecule has 1 aromatic rings. The Hall–Kier alpha value is -2.32. The number of fused-ring (bicyclic) bond motifs is 1. The highest BCUT2D eigenvalue weighted by Gasteiger charge is 2.44. The molecule has 1 aromatic carbocycles. The average Bonchev–Trinajstić information content (AvgIpc) is 3.17. The highest BCUT2D eigenvalue weighted by molar-refractivity contribution is 7.95. The maximum Gasteiger partial charge on any atom is 0.177 e. The second-order valence-electron chi connectivity index (χ2n) is 6.75. The minimum Gasteiger partial charge on any atom is -0.361 e. The number of nitrogens with one attached hydrogen (secondary N) is 3. The molecule has 5 rings (SSSR count). The van der Waals surface area contributed by atoms with Gasteiger partial charge in [-0.25, -0.2) is 19.4 Å². The zero-order chi connectivity index (χ0) is 17.2. The minimum absolute atomic E-state index is 0.0373. The molecule has 3 N–H and O–H groups in total. The molecule has 0 saturated heterocycles. The number of carbonyl (C=O) groups is 1. The van der Waals surface area contributed by atoms with Crippen LogP contribution in [-0.4, -0.2) is 20.0 Å². The third kappa shape index (κ3) is 2.14. The van der Waals surface area contributed by atoms with Gasteiger partial charge in [-0.1, -0.05) is 6.07 Å². The monoisotopic (exact) mass is 359 g/mol. The van der Waals surface area contributed by atoms with Crippen molar-refractivity contribution in [1.29, 1.82) is 0 Å². The van der Waals surface area contributed by atoms with Crippen molar-refractivity contribution in [3.05, 3.63) is 45.6 Å². The third-order valence-corrected chi connectivity index (χ3v) is 7.15. The molecule has 130 valence electrons. The number of sulfone groups is 1. The topological polar surface area (TPSA) is 96.5 Å². The molecular weight excluding hydrogens is 342 g/mol. The van der Waals surface area contributed by atoms with Crippen molar-refractivity contribution in [3.63, 3.8) is 0 Å². The lowest BCUT2D eigenvalue weighted by Crippen LogP contribution is -2.32. The molecule has 7 nitrogen and oxygen atoms in total. The second kappa shape index (κ2) is 5.09. The van der Waals surface area contributed by atoms with Gasteiger partial charge in [-0.2, -0.15) is 4.94 Å². The summed E-state index contributed by atoms with van der Waals surface area (Å²) in [5, 5.41) is 3.26. The van der Waals surface area contributed by atoms with Crippen molar-refractivity contribution in [2.24, 2.45) is 0 Å². The molecule has 1 atom stereocenters. The number of hydrogen-bond donors (Lipinski definition) is 3. The van der Waals surface area contributed by atoms with Gasteiger partial charge in [0.2, 0.25) is 0 Å². The van der Waals surface area contributed by atoms with E-state index < -0.39 is 15.8 Å². The summed E-state index contributed by atoms with van der Waals surface area (Å²) in [6, 6.07) is 5.56. The summed E-state index contributed by atoms with van der Waals surface area (Å²) >= 11 is 0.